The van der Waals surface area contributed by atoms with E-state index in [0.29, 0.717) is 0 Å². The van der Waals surface area contributed by atoms with Gasteiger partial charge in [-0.3, -0.25) is 0 Å². The van der Waals surface area contributed by atoms with Crippen LogP contribution >= 0.6 is 0 Å². The van der Waals surface area contributed by atoms with Crippen molar-refractivity contribution < 1.29 is 68.9 Å². The van der Waals surface area contributed by atoms with Gasteiger partial charge in [0.15, 0.2) is 0 Å². The molecule has 0 aliphatic carbocycles. The summed E-state index contributed by atoms with van der Waals surface area (Å²) in [5.74, 6) is -5.56. The van der Waals surface area contributed by atoms with E-state index in [4.69, 9.17) is 0 Å². The van der Waals surface area contributed by atoms with Crippen LogP contribution < -0.4 is 29.6 Å². The quantitative estimate of drug-likeness (QED) is 0.339. The minimum Gasteiger partial charge on any atom is -0.746 e. The van der Waals surface area contributed by atoms with Crippen molar-refractivity contribution in [3.8, 4) is 0 Å². The first-order chi connectivity index (χ1) is 6.01. The summed E-state index contributed by atoms with van der Waals surface area (Å²) in [7, 11) is -6.18. The van der Waals surface area contributed by atoms with Crippen molar-refractivity contribution in [3.63, 3.8) is 0 Å². The molecule has 0 saturated carbocycles. The molecule has 0 aromatic heterocycles. The maximum atomic E-state index is 12.1. The Balaban J connectivity index is 0. The molecule has 0 aliphatic heterocycles. The molecule has 0 amide bonds. The molecule has 3 nitrogen and oxygen atoms in total. The number of halogens is 6. The molecule has 15 heavy (non-hydrogen) atoms. The van der Waals surface area contributed by atoms with Gasteiger partial charge in [0, 0.05) is 0 Å². The first kappa shape index (κ1) is 17.9. The summed E-state index contributed by atoms with van der Waals surface area (Å²) in [4.78, 5) is 0. The van der Waals surface area contributed by atoms with Crippen LogP contribution in [0.1, 0.15) is 0 Å². The normalized spacial score (nSPS) is 17.1. The van der Waals surface area contributed by atoms with Gasteiger partial charge in [-0.05, 0) is 0 Å². The van der Waals surface area contributed by atoms with Crippen LogP contribution in [0.2, 0.25) is 0 Å². The van der Waals surface area contributed by atoms with Gasteiger partial charge in [-0.25, -0.2) is 26.0 Å². The first-order valence-electron chi connectivity index (χ1n) is 2.90. The van der Waals surface area contributed by atoms with Crippen LogP contribution in [0.5, 0.6) is 0 Å². The minimum atomic E-state index is -6.18. The third kappa shape index (κ3) is 4.47. The predicted octanol–water partition coefficient (Wildman–Crippen LogP) is -1.93. The summed E-state index contributed by atoms with van der Waals surface area (Å²) >= 11 is 0. The van der Waals surface area contributed by atoms with Gasteiger partial charge in [-0.2, -0.15) is 8.78 Å². The van der Waals surface area contributed by atoms with Crippen molar-refractivity contribution in [1.82, 2.24) is 0 Å². The van der Waals surface area contributed by atoms with Crippen LogP contribution in [-0.2, 0) is 10.1 Å². The molecule has 0 saturated heterocycles. The van der Waals surface area contributed by atoms with E-state index in [9.17, 15) is 39.3 Å². The number of hydrogen-bond acceptors (Lipinski definition) is 3. The molecule has 0 aliphatic rings. The van der Waals surface area contributed by atoms with Crippen LogP contribution in [0.25, 0.3) is 0 Å². The Morgan fingerprint density at radius 3 is 1.60 bits per heavy atom. The fourth-order valence-corrected chi connectivity index (χ4v) is 1.00. The fraction of sp³-hybridized carbons (Fsp3) is 1.00. The zero-order valence-corrected chi connectivity index (χ0v) is 9.95. The summed E-state index contributed by atoms with van der Waals surface area (Å²) in [5.41, 5.74) is -4.53. The Morgan fingerprint density at radius 2 is 1.40 bits per heavy atom. The van der Waals surface area contributed by atoms with E-state index in [1.54, 1.807) is 0 Å². The topological polar surface area (TPSA) is 57.2 Å². The van der Waals surface area contributed by atoms with Gasteiger partial charge in [0.05, 0.1) is 0 Å². The molecule has 0 aromatic rings. The van der Waals surface area contributed by atoms with E-state index in [1.807, 2.05) is 0 Å². The molecule has 0 bridgehead atoms. The van der Waals surface area contributed by atoms with Gasteiger partial charge in [-0.15, -0.1) is 0 Å². The van der Waals surface area contributed by atoms with Gasteiger partial charge >= 0.3 is 35.5 Å². The van der Waals surface area contributed by atoms with Gasteiger partial charge < -0.3 is 4.55 Å². The second-order valence-corrected chi connectivity index (χ2v) is 3.62. The third-order valence-electron chi connectivity index (χ3n) is 1.14. The average molecular weight is 268 g/mol. The molecule has 2 unspecified atom stereocenters. The molecule has 2 atom stereocenters. The summed E-state index contributed by atoms with van der Waals surface area (Å²) < 4.78 is 100. The van der Waals surface area contributed by atoms with Crippen LogP contribution in [0.15, 0.2) is 0 Å². The zero-order chi connectivity index (χ0) is 11.7. The molecule has 0 spiro atoms. The maximum absolute atomic E-state index is 12.1. The van der Waals surface area contributed by atoms with Crippen LogP contribution in [0.3, 0.4) is 0 Å². The number of alkyl halides is 6. The van der Waals surface area contributed by atoms with Crippen LogP contribution in [-0.4, -0.2) is 37.0 Å². The molecule has 0 rings (SSSR count). The van der Waals surface area contributed by atoms with Crippen molar-refractivity contribution in [2.45, 2.75) is 24.0 Å². The fourth-order valence-electron chi connectivity index (χ4n) is 0.486. The molecular weight excluding hydrogens is 265 g/mol. The molecule has 0 heterocycles. The molecule has 0 N–H and O–H groups in total. The van der Waals surface area contributed by atoms with Gasteiger partial charge in [0.25, 0.3) is 11.9 Å². The van der Waals surface area contributed by atoms with Crippen molar-refractivity contribution in [3.05, 3.63) is 0 Å². The van der Waals surface area contributed by atoms with E-state index in [1.165, 1.54) is 0 Å². The van der Waals surface area contributed by atoms with E-state index >= 15 is 0 Å². The largest absolute Gasteiger partial charge is 1.00 e. The van der Waals surface area contributed by atoms with E-state index in [2.05, 4.69) is 0 Å². The SMILES string of the molecule is O=S(=O)([O-])C(F)C(F)(F)C(F)C(F)F.[Na+]. The van der Waals surface area contributed by atoms with Crippen molar-refractivity contribution in [2.24, 2.45) is 0 Å². The first-order valence-corrected chi connectivity index (χ1v) is 4.37. The maximum Gasteiger partial charge on any atom is 1.00 e. The third-order valence-corrected chi connectivity index (χ3v) is 1.97. The van der Waals surface area contributed by atoms with E-state index < -0.39 is 34.1 Å². The predicted molar refractivity (Wildman–Crippen MR) is 30.4 cm³/mol. The zero-order valence-electron chi connectivity index (χ0n) is 7.13. The summed E-state index contributed by atoms with van der Waals surface area (Å²) in [6.07, 6.45) is -8.63. The Kier molecular flexibility index (Phi) is 6.80. The smallest absolute Gasteiger partial charge is 0.746 e. The second-order valence-electron chi connectivity index (χ2n) is 2.22. The molecule has 11 heteroatoms. The van der Waals surface area contributed by atoms with Crippen molar-refractivity contribution in [2.75, 3.05) is 0 Å². The van der Waals surface area contributed by atoms with Crippen LogP contribution in [0, 0.1) is 0 Å². The molecule has 0 aromatic carbocycles. The molecular formula is C4H3F6NaO3S. The van der Waals surface area contributed by atoms with Gasteiger partial charge in [0.1, 0.15) is 10.1 Å². The average Bonchev–Trinajstić information content (AvgIpc) is 1.99. The van der Waals surface area contributed by atoms with Crippen LogP contribution in [0.4, 0.5) is 26.3 Å². The van der Waals surface area contributed by atoms with E-state index in [0.717, 1.165) is 0 Å². The van der Waals surface area contributed by atoms with Crippen molar-refractivity contribution >= 4 is 10.1 Å². The van der Waals surface area contributed by atoms with E-state index in [-0.39, 0.29) is 29.6 Å². The van der Waals surface area contributed by atoms with Gasteiger partial charge in [-0.1, -0.05) is 0 Å². The number of hydrogen-bond donors (Lipinski definition) is 0. The van der Waals surface area contributed by atoms with Crippen molar-refractivity contribution in [1.29, 1.82) is 0 Å². The second kappa shape index (κ2) is 5.71. The summed E-state index contributed by atoms with van der Waals surface area (Å²) in [5, 5.41) is 0. The molecule has 0 radical (unpaired) electrons. The summed E-state index contributed by atoms with van der Waals surface area (Å²) in [6.45, 7) is 0. The number of rotatable bonds is 4. The molecule has 0 fully saturated rings. The monoisotopic (exact) mass is 268 g/mol. The minimum absolute atomic E-state index is 0. The molecule has 86 valence electrons. The Morgan fingerprint density at radius 1 is 1.07 bits per heavy atom. The summed E-state index contributed by atoms with van der Waals surface area (Å²) in [6, 6.07) is 0. The Labute approximate surface area is 103 Å². The standard InChI is InChI=1S/C4H4F6O3S.Na/c5-1(2(6)7)4(9,10)3(8)14(11,12)13;/h1-3H,(H,11,12,13);/q;+1/p-1. The Bertz CT molecular complexity index is 293. The Hall–Kier alpha value is 0.490. The van der Waals surface area contributed by atoms with Gasteiger partial charge in [0.2, 0.25) is 6.17 Å².